The Labute approximate surface area is 224 Å². The largest absolute Gasteiger partial charge is 1.00 e. The first kappa shape index (κ1) is 28.0. The molecular formula is C25H24N3NaO6. The number of nitrogens with one attached hydrogen (secondary N) is 2. The van der Waals surface area contributed by atoms with E-state index in [1.54, 1.807) is 42.5 Å². The maximum absolute atomic E-state index is 12.6. The Bertz CT molecular complexity index is 1190. The molecule has 0 aliphatic carbocycles. The summed E-state index contributed by atoms with van der Waals surface area (Å²) in [5.74, 6) is -2.58. The van der Waals surface area contributed by atoms with Gasteiger partial charge in [0.1, 0.15) is 0 Å². The van der Waals surface area contributed by atoms with Gasteiger partial charge < -0.3 is 25.4 Å². The summed E-state index contributed by atoms with van der Waals surface area (Å²) >= 11 is 0. The summed E-state index contributed by atoms with van der Waals surface area (Å²) in [6.45, 7) is 3.01. The molecule has 1 heterocycles. The van der Waals surface area contributed by atoms with Crippen LogP contribution < -0.4 is 45.3 Å². The Kier molecular flexibility index (Phi) is 9.53. The topological polar surface area (TPSA) is 136 Å². The van der Waals surface area contributed by atoms with Gasteiger partial charge in [-0.1, -0.05) is 42.5 Å². The first-order valence-electron chi connectivity index (χ1n) is 10.5. The molecular weight excluding hydrogens is 461 g/mol. The van der Waals surface area contributed by atoms with Crippen molar-refractivity contribution in [3.05, 3.63) is 71.4 Å². The Morgan fingerprint density at radius 2 is 1.71 bits per heavy atom. The Morgan fingerprint density at radius 3 is 2.31 bits per heavy atom. The zero-order chi connectivity index (χ0) is 25.0. The van der Waals surface area contributed by atoms with Gasteiger partial charge in [-0.25, -0.2) is 4.79 Å². The molecule has 10 heteroatoms. The van der Waals surface area contributed by atoms with Gasteiger partial charge in [0.2, 0.25) is 0 Å². The van der Waals surface area contributed by atoms with Gasteiger partial charge in [-0.3, -0.25) is 14.4 Å². The SMILES string of the molecule is CC(=O)c1ccc(-c2cccc(C(CC(=O)[O-])NC(=O)NC3C(=O)C(C)=CN(C)C3=O)c2)cc1.[Na+]. The predicted molar refractivity (Wildman–Crippen MR) is 121 cm³/mol. The van der Waals surface area contributed by atoms with Crippen molar-refractivity contribution in [1.29, 1.82) is 0 Å². The molecule has 1 aliphatic heterocycles. The van der Waals surface area contributed by atoms with E-state index in [-0.39, 0.29) is 35.3 Å². The number of amides is 3. The van der Waals surface area contributed by atoms with Crippen molar-refractivity contribution < 1.29 is 58.6 Å². The number of hydrogen-bond acceptors (Lipinski definition) is 6. The third-order valence-corrected chi connectivity index (χ3v) is 5.50. The van der Waals surface area contributed by atoms with Crippen LogP contribution in [0, 0.1) is 0 Å². The van der Waals surface area contributed by atoms with Crippen LogP contribution in [0.4, 0.5) is 4.79 Å². The standard InChI is InChI=1S/C25H25N3O6.Na/c1-14-13-28(3)24(33)22(23(14)32)27-25(34)26-20(12-21(30)31)19-6-4-5-18(11-19)17-9-7-16(8-10-17)15(2)29;/h4-11,13,20,22H,12H2,1-3H3,(H,30,31)(H2,26,27,34);/q;+1/p-1. The molecule has 0 fully saturated rings. The maximum atomic E-state index is 12.6. The summed E-state index contributed by atoms with van der Waals surface area (Å²) in [6, 6.07) is 10.6. The van der Waals surface area contributed by atoms with Crippen molar-refractivity contribution in [1.82, 2.24) is 15.5 Å². The number of urea groups is 1. The molecule has 3 amide bonds. The normalized spacial score (nSPS) is 16.0. The van der Waals surface area contributed by atoms with Gasteiger partial charge in [0.15, 0.2) is 17.6 Å². The van der Waals surface area contributed by atoms with Crippen molar-refractivity contribution in [2.24, 2.45) is 0 Å². The number of carbonyl (C=O) groups is 5. The second-order valence-corrected chi connectivity index (χ2v) is 8.06. The number of carbonyl (C=O) groups excluding carboxylic acids is 5. The molecule has 2 atom stereocenters. The molecule has 1 aliphatic rings. The summed E-state index contributed by atoms with van der Waals surface area (Å²) in [5, 5.41) is 16.2. The Hall–Kier alpha value is -3.27. The minimum absolute atomic E-state index is 0. The van der Waals surface area contributed by atoms with E-state index in [1.165, 1.54) is 32.0 Å². The molecule has 2 unspecified atom stereocenters. The Morgan fingerprint density at radius 1 is 1.06 bits per heavy atom. The van der Waals surface area contributed by atoms with Crippen LogP contribution in [-0.4, -0.2) is 47.5 Å². The molecule has 0 saturated heterocycles. The van der Waals surface area contributed by atoms with Crippen molar-refractivity contribution in [3.8, 4) is 11.1 Å². The number of nitrogens with zero attached hydrogens (tertiary/aromatic N) is 1. The number of hydrogen-bond donors (Lipinski definition) is 2. The maximum Gasteiger partial charge on any atom is 1.00 e. The average Bonchev–Trinajstić information content (AvgIpc) is 2.80. The molecule has 0 bridgehead atoms. The summed E-state index contributed by atoms with van der Waals surface area (Å²) in [4.78, 5) is 61.4. The third kappa shape index (κ3) is 6.88. The van der Waals surface area contributed by atoms with Crippen LogP contribution in [0.25, 0.3) is 11.1 Å². The number of carboxylic acids is 1. The zero-order valence-electron chi connectivity index (χ0n) is 20.0. The number of aliphatic carboxylic acids is 1. The molecule has 0 saturated carbocycles. The minimum Gasteiger partial charge on any atom is -0.550 e. The van der Waals surface area contributed by atoms with Crippen LogP contribution in [0.3, 0.4) is 0 Å². The molecule has 2 aromatic carbocycles. The van der Waals surface area contributed by atoms with E-state index in [2.05, 4.69) is 10.6 Å². The van der Waals surface area contributed by atoms with Gasteiger partial charge in [0.25, 0.3) is 5.91 Å². The van der Waals surface area contributed by atoms with Gasteiger partial charge >= 0.3 is 35.6 Å². The summed E-state index contributed by atoms with van der Waals surface area (Å²) in [5.41, 5.74) is 2.91. The molecule has 0 spiro atoms. The molecule has 3 rings (SSSR count). The molecule has 176 valence electrons. The molecule has 0 aromatic heterocycles. The average molecular weight is 485 g/mol. The van der Waals surface area contributed by atoms with Crippen LogP contribution >= 0.6 is 0 Å². The summed E-state index contributed by atoms with van der Waals surface area (Å²) < 4.78 is 0. The van der Waals surface area contributed by atoms with E-state index in [0.29, 0.717) is 16.7 Å². The van der Waals surface area contributed by atoms with Crippen molar-refractivity contribution in [2.45, 2.75) is 32.4 Å². The fraction of sp³-hybridized carbons (Fsp3) is 0.240. The number of ketones is 2. The molecule has 2 aromatic rings. The van der Waals surface area contributed by atoms with Crippen LogP contribution in [0.1, 0.15) is 42.2 Å². The van der Waals surface area contributed by atoms with Gasteiger partial charge in [0, 0.05) is 36.8 Å². The summed E-state index contributed by atoms with van der Waals surface area (Å²) in [6.07, 6.45) is 0.861. The van der Waals surface area contributed by atoms with E-state index in [0.717, 1.165) is 11.1 Å². The van der Waals surface area contributed by atoms with E-state index in [9.17, 15) is 29.1 Å². The minimum atomic E-state index is -1.40. The zero-order valence-corrected chi connectivity index (χ0v) is 22.0. The molecule has 9 nitrogen and oxygen atoms in total. The van der Waals surface area contributed by atoms with Crippen LogP contribution in [-0.2, 0) is 14.4 Å². The monoisotopic (exact) mass is 485 g/mol. The fourth-order valence-corrected chi connectivity index (χ4v) is 3.67. The molecule has 0 radical (unpaired) electrons. The Balaban J connectivity index is 0.00000432. The van der Waals surface area contributed by atoms with Crippen LogP contribution in [0.2, 0.25) is 0 Å². The van der Waals surface area contributed by atoms with E-state index < -0.39 is 42.2 Å². The second-order valence-electron chi connectivity index (χ2n) is 8.06. The molecule has 2 N–H and O–H groups in total. The first-order chi connectivity index (χ1) is 16.1. The number of rotatable bonds is 7. The quantitative estimate of drug-likeness (QED) is 0.274. The van der Waals surface area contributed by atoms with Crippen LogP contribution in [0.5, 0.6) is 0 Å². The fourth-order valence-electron chi connectivity index (χ4n) is 3.67. The second kappa shape index (κ2) is 11.9. The number of Topliss-reactive ketones (excluding diaryl/α,β-unsaturated/α-hetero) is 2. The van der Waals surface area contributed by atoms with Crippen molar-refractivity contribution in [2.75, 3.05) is 7.05 Å². The van der Waals surface area contributed by atoms with Gasteiger partial charge in [-0.15, -0.1) is 0 Å². The van der Waals surface area contributed by atoms with E-state index in [1.807, 2.05) is 6.07 Å². The number of carboxylic acid groups (broad SMARTS) is 1. The predicted octanol–water partition coefficient (Wildman–Crippen LogP) is -1.65. The first-order valence-corrected chi connectivity index (χ1v) is 10.5. The molecule has 35 heavy (non-hydrogen) atoms. The van der Waals surface area contributed by atoms with Gasteiger partial charge in [-0.05, 0) is 36.6 Å². The van der Waals surface area contributed by atoms with Crippen LogP contribution in [0.15, 0.2) is 60.3 Å². The summed E-state index contributed by atoms with van der Waals surface area (Å²) in [7, 11) is 1.47. The van der Waals surface area contributed by atoms with E-state index >= 15 is 0 Å². The number of benzene rings is 2. The van der Waals surface area contributed by atoms with Crippen molar-refractivity contribution >= 4 is 29.5 Å². The van der Waals surface area contributed by atoms with Gasteiger partial charge in [0.05, 0.1) is 6.04 Å². The van der Waals surface area contributed by atoms with Gasteiger partial charge in [-0.2, -0.15) is 0 Å². The van der Waals surface area contributed by atoms with E-state index in [4.69, 9.17) is 0 Å². The van der Waals surface area contributed by atoms with Crippen molar-refractivity contribution in [3.63, 3.8) is 0 Å². The smallest absolute Gasteiger partial charge is 0.550 e. The third-order valence-electron chi connectivity index (χ3n) is 5.50. The number of likely N-dealkylation sites (N-methyl/N-ethyl adjacent to an activating group) is 1.